The lowest BCUT2D eigenvalue weighted by Crippen LogP contribution is -2.57. The Balaban J connectivity index is 1.58. The number of hydrogen-bond acceptors (Lipinski definition) is 9. The van der Waals surface area contributed by atoms with Gasteiger partial charge in [-0.15, -0.1) is 0 Å². The van der Waals surface area contributed by atoms with Crippen molar-refractivity contribution in [2.45, 2.75) is 77.3 Å². The van der Waals surface area contributed by atoms with Gasteiger partial charge in [-0.25, -0.2) is 0 Å². The number of amides is 6. The Kier molecular flexibility index (Phi) is 14.3. The zero-order valence-corrected chi connectivity index (χ0v) is 29.4. The average molecular weight is 708 g/mol. The molecular weight excluding hydrogens is 658 g/mol. The summed E-state index contributed by atoms with van der Waals surface area (Å²) in [5.74, 6) is -4.06. The second-order valence-electron chi connectivity index (χ2n) is 13.2. The molecule has 1 saturated heterocycles. The summed E-state index contributed by atoms with van der Waals surface area (Å²) < 4.78 is 11.4. The predicted molar refractivity (Wildman–Crippen MR) is 187 cm³/mol. The normalized spacial score (nSPS) is 22.7. The minimum Gasteiger partial charge on any atom is -0.491 e. The van der Waals surface area contributed by atoms with Crippen molar-refractivity contribution >= 4 is 35.4 Å². The van der Waals surface area contributed by atoms with Gasteiger partial charge in [0.05, 0.1) is 31.2 Å². The third-order valence-corrected chi connectivity index (χ3v) is 8.57. The van der Waals surface area contributed by atoms with Gasteiger partial charge >= 0.3 is 0 Å². The predicted octanol–water partition coefficient (Wildman–Crippen LogP) is 0.112. The molecule has 6 amide bonds. The van der Waals surface area contributed by atoms with Crippen LogP contribution in [0.2, 0.25) is 0 Å². The molecule has 0 saturated carbocycles. The van der Waals surface area contributed by atoms with Gasteiger partial charge in [0.25, 0.3) is 5.91 Å². The van der Waals surface area contributed by atoms with Gasteiger partial charge in [0.15, 0.2) is 0 Å². The highest BCUT2D eigenvalue weighted by Crippen LogP contribution is 2.19. The molecule has 0 spiro atoms. The van der Waals surface area contributed by atoms with Crippen LogP contribution in [0.1, 0.15) is 61.5 Å². The Morgan fingerprint density at radius 1 is 0.941 bits per heavy atom. The summed E-state index contributed by atoms with van der Waals surface area (Å²) in [5.41, 5.74) is 7.36. The van der Waals surface area contributed by atoms with Crippen LogP contribution >= 0.6 is 0 Å². The summed E-state index contributed by atoms with van der Waals surface area (Å²) in [4.78, 5) is 81.4. The van der Waals surface area contributed by atoms with E-state index in [2.05, 4.69) is 31.5 Å². The second kappa shape index (κ2) is 18.8. The van der Waals surface area contributed by atoms with E-state index in [0.717, 1.165) is 30.8 Å². The first-order valence-corrected chi connectivity index (χ1v) is 17.3. The molecule has 2 aromatic carbocycles. The maximum absolute atomic E-state index is 13.7. The number of para-hydroxylation sites is 1. The van der Waals surface area contributed by atoms with Crippen LogP contribution in [-0.4, -0.2) is 97.4 Å². The molecule has 0 aromatic heterocycles. The highest BCUT2D eigenvalue weighted by Gasteiger charge is 2.32. The highest BCUT2D eigenvalue weighted by molar-refractivity contribution is 6.01. The zero-order valence-electron chi connectivity index (χ0n) is 29.4. The average Bonchev–Trinajstić information content (AvgIpc) is 3.10. The Morgan fingerprint density at radius 2 is 1.67 bits per heavy atom. The number of nitrogens with one attached hydrogen (secondary N) is 5. The van der Waals surface area contributed by atoms with Crippen LogP contribution in [0.25, 0.3) is 0 Å². The summed E-state index contributed by atoms with van der Waals surface area (Å²) in [6.07, 6.45) is -0.919. The van der Waals surface area contributed by atoms with Gasteiger partial charge in [0.2, 0.25) is 29.5 Å². The van der Waals surface area contributed by atoms with Crippen molar-refractivity contribution in [2.75, 3.05) is 32.9 Å². The lowest BCUT2D eigenvalue weighted by atomic mass is 10.0. The van der Waals surface area contributed by atoms with Crippen molar-refractivity contribution in [3.8, 4) is 5.75 Å². The van der Waals surface area contributed by atoms with Crippen LogP contribution in [-0.2, 0) is 41.8 Å². The van der Waals surface area contributed by atoms with E-state index >= 15 is 0 Å². The Labute approximate surface area is 297 Å². The molecule has 2 aliphatic rings. The van der Waals surface area contributed by atoms with E-state index in [1.165, 1.54) is 6.07 Å². The standard InChI is InChI=1S/C36H49N7O8/c1-22(2)32-36(49)39-23(3)21-51-29-10-5-4-9-26(29)33(46)41-28(18-31(45)40-27(35(48)42-32)11-12-30(37)44)34(47)38-19-24-7-6-8-25(17-24)20-43-13-15-50-16-14-43/h4-10,17,22-23,27-28,32H,11-16,18-21H2,1-3H3,(H2,37,44)(H,38,47)(H,39,49)(H,40,45)(H,41,46)(H,42,48)/t23-,27-,28-,32+/m0/s1. The van der Waals surface area contributed by atoms with E-state index in [0.29, 0.717) is 13.2 Å². The highest BCUT2D eigenvalue weighted by atomic mass is 16.5. The minimum absolute atomic E-state index is 0.00934. The van der Waals surface area contributed by atoms with E-state index in [1.807, 2.05) is 24.3 Å². The molecule has 2 aliphatic heterocycles. The van der Waals surface area contributed by atoms with Crippen LogP contribution in [0.4, 0.5) is 0 Å². The Bertz CT molecular complexity index is 1560. The zero-order chi connectivity index (χ0) is 36.9. The lowest BCUT2D eigenvalue weighted by molar-refractivity contribution is -0.134. The number of benzene rings is 2. The summed E-state index contributed by atoms with van der Waals surface area (Å²) >= 11 is 0. The van der Waals surface area contributed by atoms with Crippen LogP contribution in [0.3, 0.4) is 0 Å². The number of carbonyl (C=O) groups is 6. The fourth-order valence-electron chi connectivity index (χ4n) is 5.77. The number of rotatable bonds is 9. The maximum Gasteiger partial charge on any atom is 0.255 e. The van der Waals surface area contributed by atoms with E-state index < -0.39 is 66.0 Å². The van der Waals surface area contributed by atoms with Gasteiger partial charge in [0, 0.05) is 32.6 Å². The molecule has 51 heavy (non-hydrogen) atoms. The molecule has 0 bridgehead atoms. The monoisotopic (exact) mass is 707 g/mol. The van der Waals surface area contributed by atoms with E-state index in [-0.39, 0.29) is 43.2 Å². The van der Waals surface area contributed by atoms with Crippen molar-refractivity contribution in [3.05, 3.63) is 65.2 Å². The second-order valence-corrected chi connectivity index (χ2v) is 13.2. The van der Waals surface area contributed by atoms with Gasteiger partial charge in [-0.2, -0.15) is 0 Å². The van der Waals surface area contributed by atoms with Gasteiger partial charge < -0.3 is 41.8 Å². The van der Waals surface area contributed by atoms with Crippen LogP contribution in [0.5, 0.6) is 5.75 Å². The van der Waals surface area contributed by atoms with Crippen LogP contribution in [0.15, 0.2) is 48.5 Å². The van der Waals surface area contributed by atoms with E-state index in [4.69, 9.17) is 15.2 Å². The fourth-order valence-corrected chi connectivity index (χ4v) is 5.77. The van der Waals surface area contributed by atoms with Gasteiger partial charge in [0.1, 0.15) is 30.5 Å². The smallest absolute Gasteiger partial charge is 0.255 e. The molecule has 0 aliphatic carbocycles. The third-order valence-electron chi connectivity index (χ3n) is 8.57. The SMILES string of the molecule is CC(C)[C@H]1NC(=O)[C@H](CCC(N)=O)NC(=O)C[C@@H](C(=O)NCc2cccc(CN3CCOCC3)c2)NC(=O)c2ccccc2OC[C@H](C)NC1=O. The Hall–Kier alpha value is -5.02. The molecule has 4 rings (SSSR count). The number of fused-ring (bicyclic) bond motifs is 1. The maximum atomic E-state index is 13.7. The molecule has 4 atom stereocenters. The summed E-state index contributed by atoms with van der Waals surface area (Å²) in [6, 6.07) is 10.1. The minimum atomic E-state index is -1.36. The largest absolute Gasteiger partial charge is 0.491 e. The number of ether oxygens (including phenoxy) is 2. The molecule has 7 N–H and O–H groups in total. The lowest BCUT2D eigenvalue weighted by Gasteiger charge is -2.27. The number of nitrogens with zero attached hydrogens (tertiary/aromatic N) is 1. The molecule has 0 radical (unpaired) electrons. The summed E-state index contributed by atoms with van der Waals surface area (Å²) in [5, 5.41) is 13.6. The van der Waals surface area contributed by atoms with Crippen molar-refractivity contribution < 1.29 is 38.2 Å². The van der Waals surface area contributed by atoms with Gasteiger partial charge in [-0.05, 0) is 42.5 Å². The molecular formula is C36H49N7O8. The molecule has 0 unspecified atom stereocenters. The first-order valence-electron chi connectivity index (χ1n) is 17.3. The van der Waals surface area contributed by atoms with E-state index in [1.54, 1.807) is 39.0 Å². The third kappa shape index (κ3) is 12.1. The van der Waals surface area contributed by atoms with Gasteiger partial charge in [-0.1, -0.05) is 50.2 Å². The molecule has 2 heterocycles. The van der Waals surface area contributed by atoms with Crippen LogP contribution in [0, 0.1) is 5.92 Å². The van der Waals surface area contributed by atoms with Crippen molar-refractivity contribution in [1.82, 2.24) is 31.5 Å². The van der Waals surface area contributed by atoms with Gasteiger partial charge in [-0.3, -0.25) is 33.7 Å². The van der Waals surface area contributed by atoms with E-state index in [9.17, 15) is 28.8 Å². The number of morpholine rings is 1. The first-order chi connectivity index (χ1) is 24.4. The number of hydrogen-bond donors (Lipinski definition) is 6. The number of carbonyl (C=O) groups excluding carboxylic acids is 6. The van der Waals surface area contributed by atoms with Crippen molar-refractivity contribution in [3.63, 3.8) is 0 Å². The first kappa shape index (κ1) is 38.8. The molecule has 1 fully saturated rings. The number of primary amides is 1. The number of nitrogens with two attached hydrogens (primary N) is 1. The topological polar surface area (TPSA) is 210 Å². The summed E-state index contributed by atoms with van der Waals surface area (Å²) in [7, 11) is 0. The fraction of sp³-hybridized carbons (Fsp3) is 0.500. The Morgan fingerprint density at radius 3 is 2.39 bits per heavy atom. The molecule has 2 aromatic rings. The molecule has 15 nitrogen and oxygen atoms in total. The van der Waals surface area contributed by atoms with Crippen molar-refractivity contribution in [1.29, 1.82) is 0 Å². The molecule has 15 heteroatoms. The quantitative estimate of drug-likeness (QED) is 0.209. The van der Waals surface area contributed by atoms with Crippen LogP contribution < -0.4 is 37.1 Å². The summed E-state index contributed by atoms with van der Waals surface area (Å²) in [6.45, 7) is 9.08. The molecule has 276 valence electrons. The van der Waals surface area contributed by atoms with Crippen molar-refractivity contribution in [2.24, 2.45) is 11.7 Å².